The van der Waals surface area contributed by atoms with Crippen molar-refractivity contribution in [2.75, 3.05) is 34.0 Å². The first kappa shape index (κ1) is 45.4. The van der Waals surface area contributed by atoms with Crippen LogP contribution in [-0.4, -0.2) is 114 Å². The lowest BCUT2D eigenvalue weighted by atomic mass is 10.2. The summed E-state index contributed by atoms with van der Waals surface area (Å²) in [6.07, 6.45) is 10.9. The predicted molar refractivity (Wildman–Crippen MR) is 231 cm³/mol. The maximum Gasteiger partial charge on any atom is 0.255 e. The van der Waals surface area contributed by atoms with Gasteiger partial charge < -0.3 is 43.2 Å². The second kappa shape index (κ2) is 19.0. The summed E-state index contributed by atoms with van der Waals surface area (Å²) < 4.78 is 76.1. The van der Waals surface area contributed by atoms with E-state index in [1.54, 1.807) is 25.0 Å². The van der Waals surface area contributed by atoms with Gasteiger partial charge in [-0.05, 0) is 19.9 Å². The van der Waals surface area contributed by atoms with E-state index in [4.69, 9.17) is 14.2 Å². The number of amides is 2. The molecule has 0 aromatic carbocycles. The normalized spacial score (nSPS) is 12.8. The quantitative estimate of drug-likeness (QED) is 0.0585. The number of H-pyrrole nitrogens is 1. The number of hydrogen-bond acceptors (Lipinski definition) is 11. The summed E-state index contributed by atoms with van der Waals surface area (Å²) in [5.41, 5.74) is 3.15. The van der Waals surface area contributed by atoms with Crippen molar-refractivity contribution < 1.29 is 41.4 Å². The number of aromatic amines is 1. The van der Waals surface area contributed by atoms with Crippen molar-refractivity contribution in [3.63, 3.8) is 0 Å². The molecule has 8 rings (SSSR count). The van der Waals surface area contributed by atoms with Crippen LogP contribution < -0.4 is 10.6 Å². The van der Waals surface area contributed by atoms with Crippen molar-refractivity contribution in [2.45, 2.75) is 58.3 Å². The average molecular weight is 903 g/mol. The Morgan fingerprint density at radius 2 is 1.28 bits per heavy atom. The van der Waals surface area contributed by atoms with E-state index in [9.17, 15) is 27.2 Å². The van der Waals surface area contributed by atoms with E-state index in [2.05, 4.69) is 65.2 Å². The molecule has 0 saturated heterocycles. The molecular formula is C42H46F4N12O5Si. The fraction of sp³-hybridized carbons (Fsp3) is 0.333. The molecule has 0 saturated carbocycles. The molecule has 0 aliphatic heterocycles. The summed E-state index contributed by atoms with van der Waals surface area (Å²) in [6.45, 7) is 12.0. The molecule has 0 aliphatic rings. The van der Waals surface area contributed by atoms with Crippen molar-refractivity contribution >= 4 is 53.2 Å². The van der Waals surface area contributed by atoms with Gasteiger partial charge in [0.25, 0.3) is 11.8 Å². The molecule has 64 heavy (non-hydrogen) atoms. The van der Waals surface area contributed by atoms with E-state index in [1.165, 1.54) is 40.0 Å². The molecule has 0 bridgehead atoms. The molecule has 336 valence electrons. The molecule has 0 unspecified atom stereocenters. The van der Waals surface area contributed by atoms with Crippen LogP contribution in [0.2, 0.25) is 25.7 Å². The minimum absolute atomic E-state index is 0.0684. The second-order valence-corrected chi connectivity index (χ2v) is 21.9. The molecule has 0 radical (unpaired) electrons. The number of imidazole rings is 2. The van der Waals surface area contributed by atoms with Gasteiger partial charge in [0.15, 0.2) is 22.9 Å². The Labute approximate surface area is 364 Å². The average Bonchev–Trinajstić information content (AvgIpc) is 4.03. The second-order valence-electron chi connectivity index (χ2n) is 16.3. The highest BCUT2D eigenvalue weighted by Gasteiger charge is 2.24. The Hall–Kier alpha value is -6.62. The van der Waals surface area contributed by atoms with Gasteiger partial charge in [0.1, 0.15) is 75.9 Å². The van der Waals surface area contributed by atoms with Crippen LogP contribution in [0.25, 0.3) is 56.1 Å². The zero-order valence-electron chi connectivity index (χ0n) is 36.0. The lowest BCUT2D eigenvalue weighted by Gasteiger charge is -2.15. The van der Waals surface area contributed by atoms with Gasteiger partial charge in [-0.2, -0.15) is 0 Å². The van der Waals surface area contributed by atoms with Gasteiger partial charge >= 0.3 is 0 Å². The van der Waals surface area contributed by atoms with Crippen molar-refractivity contribution in [1.82, 2.24) is 58.9 Å². The third kappa shape index (κ3) is 9.94. The Balaban J connectivity index is 0.000000197. The SMILES string of the molecule is COC[C@H](C)NC(=O)c1c[nH]c2ncc(-c3ncn4cc(F)cc(F)c34)nc12.COC[C@H](C)NC(=O)c1cn(COCC[Si](C)(C)C)c2ncc(-c3ncn4cc(F)cc(F)c34)nc12. The number of carbonyl (C=O) groups excluding carboxylic acids is 2. The number of aromatic nitrogens is 10. The van der Waals surface area contributed by atoms with Crippen molar-refractivity contribution in [3.8, 4) is 22.8 Å². The van der Waals surface area contributed by atoms with Crippen LogP contribution in [-0.2, 0) is 20.9 Å². The van der Waals surface area contributed by atoms with Crippen LogP contribution >= 0.6 is 0 Å². The lowest BCUT2D eigenvalue weighted by molar-refractivity contribution is 0.0879. The Bertz CT molecular complexity index is 2980. The van der Waals surface area contributed by atoms with E-state index >= 15 is 0 Å². The Kier molecular flexibility index (Phi) is 13.5. The van der Waals surface area contributed by atoms with Crippen molar-refractivity contribution in [3.05, 3.63) is 96.4 Å². The van der Waals surface area contributed by atoms with Crippen LogP contribution in [0.4, 0.5) is 17.6 Å². The monoisotopic (exact) mass is 902 g/mol. The van der Waals surface area contributed by atoms with Crippen LogP contribution in [0.1, 0.15) is 34.6 Å². The number of rotatable bonds is 15. The fourth-order valence-electron chi connectivity index (χ4n) is 6.82. The summed E-state index contributed by atoms with van der Waals surface area (Å²) in [5.74, 6) is -3.67. The van der Waals surface area contributed by atoms with Gasteiger partial charge in [-0.15, -0.1) is 0 Å². The summed E-state index contributed by atoms with van der Waals surface area (Å²) in [5, 5.41) is 5.69. The van der Waals surface area contributed by atoms with Gasteiger partial charge in [0.05, 0.1) is 36.7 Å². The molecule has 2 atom stereocenters. The van der Waals surface area contributed by atoms with E-state index < -0.39 is 31.3 Å². The Morgan fingerprint density at radius 3 is 1.83 bits per heavy atom. The molecule has 0 aliphatic carbocycles. The topological polar surface area (TPSA) is 193 Å². The zero-order valence-corrected chi connectivity index (χ0v) is 37.0. The van der Waals surface area contributed by atoms with Crippen LogP contribution in [0, 0.1) is 23.3 Å². The number of fused-ring (bicyclic) bond motifs is 4. The molecule has 0 fully saturated rings. The van der Waals surface area contributed by atoms with E-state index in [1.807, 2.05) is 13.8 Å². The first-order valence-corrected chi connectivity index (χ1v) is 23.8. The number of carbonyl (C=O) groups is 2. The number of nitrogens with one attached hydrogen (secondary N) is 3. The minimum Gasteiger partial charge on any atom is -0.383 e. The molecule has 22 heteroatoms. The van der Waals surface area contributed by atoms with E-state index in [-0.39, 0.29) is 64.4 Å². The lowest BCUT2D eigenvalue weighted by Crippen LogP contribution is -2.35. The van der Waals surface area contributed by atoms with Gasteiger partial charge in [0, 0.05) is 77.9 Å². The third-order valence-corrected chi connectivity index (χ3v) is 11.5. The first-order valence-electron chi connectivity index (χ1n) is 20.1. The number of ether oxygens (including phenoxy) is 3. The number of pyridine rings is 2. The number of halogens is 4. The smallest absolute Gasteiger partial charge is 0.255 e. The maximum atomic E-state index is 14.6. The molecule has 8 heterocycles. The molecule has 17 nitrogen and oxygen atoms in total. The highest BCUT2D eigenvalue weighted by Crippen LogP contribution is 2.29. The van der Waals surface area contributed by atoms with Crippen molar-refractivity contribution in [2.24, 2.45) is 0 Å². The predicted octanol–water partition coefficient (Wildman–Crippen LogP) is 6.42. The number of hydrogen-bond donors (Lipinski definition) is 3. The van der Waals surface area contributed by atoms with Gasteiger partial charge in [0.2, 0.25) is 0 Å². The van der Waals surface area contributed by atoms with Gasteiger partial charge in [-0.25, -0.2) is 47.5 Å². The van der Waals surface area contributed by atoms with E-state index in [0.29, 0.717) is 53.3 Å². The molecule has 8 aromatic rings. The minimum atomic E-state index is -1.26. The number of nitrogens with zero attached hydrogens (tertiary/aromatic N) is 9. The largest absolute Gasteiger partial charge is 0.383 e. The molecule has 8 aromatic heterocycles. The molecular weight excluding hydrogens is 857 g/mol. The van der Waals surface area contributed by atoms with Crippen LogP contribution in [0.5, 0.6) is 0 Å². The summed E-state index contributed by atoms with van der Waals surface area (Å²) in [7, 11) is 1.85. The van der Waals surface area contributed by atoms with Crippen LogP contribution in [0.3, 0.4) is 0 Å². The summed E-state index contributed by atoms with van der Waals surface area (Å²) >= 11 is 0. The maximum absolute atomic E-state index is 14.6. The van der Waals surface area contributed by atoms with Gasteiger partial charge in [-0.3, -0.25) is 9.59 Å². The third-order valence-electron chi connectivity index (χ3n) is 9.83. The van der Waals surface area contributed by atoms with Crippen LogP contribution in [0.15, 0.2) is 62.0 Å². The summed E-state index contributed by atoms with van der Waals surface area (Å²) in [6, 6.07) is 2.14. The van der Waals surface area contributed by atoms with E-state index in [0.717, 1.165) is 30.6 Å². The fourth-order valence-corrected chi connectivity index (χ4v) is 7.58. The highest BCUT2D eigenvalue weighted by molar-refractivity contribution is 6.76. The standard InChI is InChI=1S/C24H30F2N6O3Si.C18H16F2N6O2/c1-15(12-34-2)29-24(33)17-11-32(14-35-6-7-36(3,4)5)23-20(17)30-19(9-27-23)21-22-18(26)8-16(25)10-31(22)13-28-21;1-9(7-28-2)24-18(27)11-4-21-17-14(11)25-13(5-22-17)15-16-12(20)3-10(19)6-26(16)8-23-15/h8-11,13,15H,6-7,12,14H2,1-5H3,(H,29,33);3-6,8-9H,7H2,1-2H3,(H,21,22)(H,24,27)/t15-;9-/m00/s1. The molecule has 0 spiro atoms. The highest BCUT2D eigenvalue weighted by atomic mass is 28.3. The van der Waals surface area contributed by atoms with Crippen molar-refractivity contribution in [1.29, 1.82) is 0 Å². The Morgan fingerprint density at radius 1 is 0.750 bits per heavy atom. The molecule has 2 amide bonds. The number of methoxy groups -OCH3 is 2. The van der Waals surface area contributed by atoms with Gasteiger partial charge in [-0.1, -0.05) is 19.6 Å². The first-order chi connectivity index (χ1) is 30.5. The zero-order chi connectivity index (χ0) is 45.9. The summed E-state index contributed by atoms with van der Waals surface area (Å²) in [4.78, 5) is 54.7. The molecule has 3 N–H and O–H groups in total.